The Balaban J connectivity index is 1.76. The van der Waals surface area contributed by atoms with E-state index in [1.807, 2.05) is 19.1 Å². The molecule has 1 fully saturated rings. The summed E-state index contributed by atoms with van der Waals surface area (Å²) >= 11 is 3.29. The van der Waals surface area contributed by atoms with Crippen molar-refractivity contribution >= 4 is 15.9 Å². The highest BCUT2D eigenvalue weighted by atomic mass is 79.9. The molecule has 1 aromatic rings. The zero-order valence-electron chi connectivity index (χ0n) is 12.3. The molecule has 2 nitrogen and oxygen atoms in total. The molecule has 1 aromatic carbocycles. The third kappa shape index (κ3) is 4.54. The summed E-state index contributed by atoms with van der Waals surface area (Å²) in [5.74, 6) is 0.723. The second kappa shape index (κ2) is 7.53. The van der Waals surface area contributed by atoms with Crippen LogP contribution >= 0.6 is 15.9 Å². The molecule has 2 rings (SSSR count). The number of piperidine rings is 1. The van der Waals surface area contributed by atoms with Gasteiger partial charge in [0.1, 0.15) is 5.82 Å². The minimum atomic E-state index is -0.147. The first-order chi connectivity index (χ1) is 9.56. The number of halogens is 2. The third-order valence-corrected chi connectivity index (χ3v) is 4.68. The van der Waals surface area contributed by atoms with Crippen LogP contribution in [0.5, 0.6) is 0 Å². The fourth-order valence-corrected chi connectivity index (χ4v) is 3.02. The Bertz CT molecular complexity index is 430. The van der Waals surface area contributed by atoms with Gasteiger partial charge in [0.2, 0.25) is 0 Å². The molecule has 0 radical (unpaired) electrons. The summed E-state index contributed by atoms with van der Waals surface area (Å²) in [7, 11) is 0. The normalized spacial score (nSPS) is 19.2. The molecule has 1 aliphatic rings. The zero-order chi connectivity index (χ0) is 14.5. The van der Waals surface area contributed by atoms with E-state index >= 15 is 0 Å². The lowest BCUT2D eigenvalue weighted by Gasteiger charge is -2.30. The predicted molar refractivity (Wildman–Crippen MR) is 85.4 cm³/mol. The van der Waals surface area contributed by atoms with E-state index in [0.29, 0.717) is 0 Å². The molecule has 0 saturated carbocycles. The van der Waals surface area contributed by atoms with Gasteiger partial charge in [-0.25, -0.2) is 4.39 Å². The van der Waals surface area contributed by atoms with E-state index in [4.69, 9.17) is 0 Å². The van der Waals surface area contributed by atoms with Crippen LogP contribution in [0.15, 0.2) is 22.7 Å². The van der Waals surface area contributed by atoms with Gasteiger partial charge in [-0.05, 0) is 50.9 Å². The van der Waals surface area contributed by atoms with Crippen LogP contribution in [0.4, 0.5) is 4.39 Å². The topological polar surface area (TPSA) is 15.3 Å². The molecule has 0 amide bonds. The molecular formula is C16H24BrFN2. The number of benzene rings is 1. The minimum absolute atomic E-state index is 0.0480. The van der Waals surface area contributed by atoms with E-state index in [-0.39, 0.29) is 11.9 Å². The molecule has 1 heterocycles. The third-order valence-electron chi connectivity index (χ3n) is 4.18. The maximum absolute atomic E-state index is 13.8. The van der Waals surface area contributed by atoms with Crippen LogP contribution in [0.3, 0.4) is 0 Å². The molecule has 1 saturated heterocycles. The molecular weight excluding hydrogens is 319 g/mol. The smallest absolute Gasteiger partial charge is 0.129 e. The number of hydrogen-bond acceptors (Lipinski definition) is 2. The summed E-state index contributed by atoms with van der Waals surface area (Å²) < 4.78 is 14.6. The van der Waals surface area contributed by atoms with Crippen molar-refractivity contribution in [2.24, 2.45) is 5.92 Å². The molecule has 4 heteroatoms. The van der Waals surface area contributed by atoms with E-state index in [1.165, 1.54) is 32.0 Å². The van der Waals surface area contributed by atoms with Crippen molar-refractivity contribution in [3.63, 3.8) is 0 Å². The number of nitrogens with one attached hydrogen (secondary N) is 1. The quantitative estimate of drug-likeness (QED) is 0.870. The van der Waals surface area contributed by atoms with Crippen molar-refractivity contribution < 1.29 is 4.39 Å². The molecule has 20 heavy (non-hydrogen) atoms. The number of likely N-dealkylation sites (tertiary alicyclic amines) is 1. The largest absolute Gasteiger partial charge is 0.309 e. The lowest BCUT2D eigenvalue weighted by atomic mass is 9.99. The molecule has 1 unspecified atom stereocenters. The van der Waals surface area contributed by atoms with E-state index in [0.717, 1.165) is 29.0 Å². The van der Waals surface area contributed by atoms with Crippen LogP contribution in [-0.4, -0.2) is 31.1 Å². The van der Waals surface area contributed by atoms with Crippen LogP contribution in [-0.2, 0) is 0 Å². The molecule has 1 atom stereocenters. The summed E-state index contributed by atoms with van der Waals surface area (Å²) in [6.07, 6.45) is 2.60. The van der Waals surface area contributed by atoms with Crippen LogP contribution < -0.4 is 5.32 Å². The standard InChI is InChI=1S/C16H24BrFN2/c1-12-5-8-20(9-6-12)10-7-19-13(2)15-4-3-14(17)11-16(15)18/h3-4,11-13,19H,5-10H2,1-2H3. The van der Waals surface area contributed by atoms with Crippen molar-refractivity contribution in [3.8, 4) is 0 Å². The van der Waals surface area contributed by atoms with Crippen molar-refractivity contribution in [2.75, 3.05) is 26.2 Å². The predicted octanol–water partition coefficient (Wildman–Crippen LogP) is 3.97. The summed E-state index contributed by atoms with van der Waals surface area (Å²) in [5, 5.41) is 3.42. The lowest BCUT2D eigenvalue weighted by molar-refractivity contribution is 0.191. The number of rotatable bonds is 5. The maximum Gasteiger partial charge on any atom is 0.129 e. The minimum Gasteiger partial charge on any atom is -0.309 e. The Hall–Kier alpha value is -0.450. The average molecular weight is 343 g/mol. The molecule has 0 spiro atoms. The summed E-state index contributed by atoms with van der Waals surface area (Å²) in [5.41, 5.74) is 0.737. The molecule has 1 aliphatic heterocycles. The Morgan fingerprint density at radius 2 is 2.10 bits per heavy atom. The van der Waals surface area contributed by atoms with Gasteiger partial charge in [-0.15, -0.1) is 0 Å². The van der Waals surface area contributed by atoms with Crippen molar-refractivity contribution in [1.82, 2.24) is 10.2 Å². The van der Waals surface area contributed by atoms with Gasteiger partial charge in [-0.2, -0.15) is 0 Å². The zero-order valence-corrected chi connectivity index (χ0v) is 13.9. The van der Waals surface area contributed by atoms with Crippen LogP contribution in [0.2, 0.25) is 0 Å². The van der Waals surface area contributed by atoms with Crippen LogP contribution in [0.25, 0.3) is 0 Å². The highest BCUT2D eigenvalue weighted by Gasteiger charge is 2.16. The fourth-order valence-electron chi connectivity index (χ4n) is 2.69. The number of hydrogen-bond donors (Lipinski definition) is 1. The van der Waals surface area contributed by atoms with Gasteiger partial charge in [0.25, 0.3) is 0 Å². The Kier molecular flexibility index (Phi) is 6.00. The second-order valence-electron chi connectivity index (χ2n) is 5.87. The van der Waals surface area contributed by atoms with E-state index in [1.54, 1.807) is 0 Å². The monoisotopic (exact) mass is 342 g/mol. The van der Waals surface area contributed by atoms with Gasteiger partial charge in [0, 0.05) is 29.2 Å². The highest BCUT2D eigenvalue weighted by Crippen LogP contribution is 2.21. The van der Waals surface area contributed by atoms with Crippen molar-refractivity contribution in [1.29, 1.82) is 0 Å². The summed E-state index contributed by atoms with van der Waals surface area (Å²) in [6.45, 7) is 8.70. The molecule has 0 aromatic heterocycles. The van der Waals surface area contributed by atoms with Crippen molar-refractivity contribution in [3.05, 3.63) is 34.1 Å². The molecule has 112 valence electrons. The van der Waals surface area contributed by atoms with Gasteiger partial charge in [0.05, 0.1) is 0 Å². The highest BCUT2D eigenvalue weighted by molar-refractivity contribution is 9.10. The summed E-state index contributed by atoms with van der Waals surface area (Å²) in [6, 6.07) is 5.31. The lowest BCUT2D eigenvalue weighted by Crippen LogP contribution is -2.38. The fraction of sp³-hybridized carbons (Fsp3) is 0.625. The Labute approximate surface area is 129 Å². The first-order valence-corrected chi connectivity index (χ1v) is 8.26. The van der Waals surface area contributed by atoms with Crippen molar-refractivity contribution in [2.45, 2.75) is 32.7 Å². The Morgan fingerprint density at radius 1 is 1.40 bits per heavy atom. The van der Waals surface area contributed by atoms with E-state index in [2.05, 4.69) is 33.1 Å². The SMILES string of the molecule is CC1CCN(CCNC(C)c2ccc(Br)cc2F)CC1. The van der Waals surface area contributed by atoms with E-state index < -0.39 is 0 Å². The first-order valence-electron chi connectivity index (χ1n) is 7.47. The Morgan fingerprint density at radius 3 is 2.75 bits per heavy atom. The second-order valence-corrected chi connectivity index (χ2v) is 6.78. The molecule has 0 bridgehead atoms. The van der Waals surface area contributed by atoms with Gasteiger partial charge < -0.3 is 10.2 Å². The van der Waals surface area contributed by atoms with Gasteiger partial charge in [0.15, 0.2) is 0 Å². The average Bonchev–Trinajstić information content (AvgIpc) is 2.41. The maximum atomic E-state index is 13.8. The summed E-state index contributed by atoms with van der Waals surface area (Å²) in [4.78, 5) is 2.50. The van der Waals surface area contributed by atoms with Crippen LogP contribution in [0, 0.1) is 11.7 Å². The first kappa shape index (κ1) is 15.9. The van der Waals surface area contributed by atoms with Gasteiger partial charge >= 0.3 is 0 Å². The van der Waals surface area contributed by atoms with Gasteiger partial charge in [-0.3, -0.25) is 0 Å². The van der Waals surface area contributed by atoms with E-state index in [9.17, 15) is 4.39 Å². The number of nitrogens with zero attached hydrogens (tertiary/aromatic N) is 1. The molecule has 1 N–H and O–H groups in total. The molecule has 0 aliphatic carbocycles. The van der Waals surface area contributed by atoms with Gasteiger partial charge in [-0.1, -0.05) is 28.9 Å². The van der Waals surface area contributed by atoms with Crippen LogP contribution in [0.1, 0.15) is 38.3 Å².